The summed E-state index contributed by atoms with van der Waals surface area (Å²) in [5.74, 6) is -0.501. The molecular weight excluding hydrogens is 404 g/mol. The fourth-order valence-electron chi connectivity index (χ4n) is 2.71. The molecule has 2 heterocycles. The van der Waals surface area contributed by atoms with Crippen molar-refractivity contribution in [1.29, 1.82) is 0 Å². The monoisotopic (exact) mass is 420 g/mol. The van der Waals surface area contributed by atoms with E-state index in [4.69, 9.17) is 10.5 Å². The van der Waals surface area contributed by atoms with E-state index in [1.165, 1.54) is 0 Å². The number of amides is 2. The molecule has 0 saturated heterocycles. The molecule has 2 aromatic heterocycles. The van der Waals surface area contributed by atoms with E-state index < -0.39 is 11.8 Å². The molecule has 0 saturated carbocycles. The molecule has 2 amide bonds. The number of fused-ring (bicyclic) bond motifs is 1. The molecule has 0 aliphatic carbocycles. The molecule has 9 nitrogen and oxygen atoms in total. The molecule has 0 fully saturated rings. The van der Waals surface area contributed by atoms with Crippen molar-refractivity contribution in [3.63, 3.8) is 0 Å². The number of nitrogens with two attached hydrogens (primary N) is 1. The van der Waals surface area contributed by atoms with Gasteiger partial charge in [0, 0.05) is 23.6 Å². The number of carbonyl (C=O) groups excluding carboxylic acids is 2. The maximum Gasteiger partial charge on any atom is 0.270 e. The van der Waals surface area contributed by atoms with Gasteiger partial charge >= 0.3 is 0 Å². The number of rotatable bonds is 6. The summed E-state index contributed by atoms with van der Waals surface area (Å²) in [6.45, 7) is 0. The topological polar surface area (TPSA) is 132 Å². The zero-order valence-electron chi connectivity index (χ0n) is 15.7. The van der Waals surface area contributed by atoms with Crippen LogP contribution in [-0.4, -0.2) is 33.9 Å². The van der Waals surface area contributed by atoms with Gasteiger partial charge in [-0.05, 0) is 42.5 Å². The summed E-state index contributed by atoms with van der Waals surface area (Å²) in [7, 11) is 1.54. The lowest BCUT2D eigenvalue weighted by atomic mass is 10.2. The quantitative estimate of drug-likeness (QED) is 0.436. The molecule has 0 atom stereocenters. The first kappa shape index (κ1) is 19.3. The van der Waals surface area contributed by atoms with Gasteiger partial charge in [-0.1, -0.05) is 11.3 Å². The predicted octanol–water partition coefficient (Wildman–Crippen LogP) is 3.19. The van der Waals surface area contributed by atoms with Crippen molar-refractivity contribution in [3.05, 3.63) is 66.1 Å². The van der Waals surface area contributed by atoms with Crippen LogP contribution in [0.3, 0.4) is 0 Å². The fraction of sp³-hybridized carbons (Fsp3) is 0.0500. The SMILES string of the molecule is COc1ccc(C(=O)Nc2sc(Nc3ccc4nccnc4c3)nc2C(N)=O)cc1. The van der Waals surface area contributed by atoms with Crippen LogP contribution >= 0.6 is 11.3 Å². The van der Waals surface area contributed by atoms with E-state index in [0.29, 0.717) is 27.6 Å². The summed E-state index contributed by atoms with van der Waals surface area (Å²) in [5.41, 5.74) is 8.00. The highest BCUT2D eigenvalue weighted by atomic mass is 32.1. The van der Waals surface area contributed by atoms with Gasteiger partial charge in [-0.3, -0.25) is 19.6 Å². The van der Waals surface area contributed by atoms with Crippen molar-refractivity contribution < 1.29 is 14.3 Å². The Morgan fingerprint density at radius 1 is 1.03 bits per heavy atom. The molecule has 2 aromatic carbocycles. The van der Waals surface area contributed by atoms with Gasteiger partial charge in [0.1, 0.15) is 10.8 Å². The van der Waals surface area contributed by atoms with Gasteiger partial charge in [0.15, 0.2) is 10.8 Å². The number of aromatic nitrogens is 3. The second kappa shape index (κ2) is 8.13. The molecule has 4 aromatic rings. The van der Waals surface area contributed by atoms with Crippen molar-refractivity contribution in [2.45, 2.75) is 0 Å². The maximum absolute atomic E-state index is 12.5. The van der Waals surface area contributed by atoms with Crippen molar-refractivity contribution >= 4 is 50.0 Å². The molecule has 0 spiro atoms. The van der Waals surface area contributed by atoms with E-state index in [-0.39, 0.29) is 10.7 Å². The Hall–Kier alpha value is -4.05. The van der Waals surface area contributed by atoms with Crippen molar-refractivity contribution in [2.75, 3.05) is 17.7 Å². The minimum Gasteiger partial charge on any atom is -0.497 e. The zero-order valence-corrected chi connectivity index (χ0v) is 16.6. The van der Waals surface area contributed by atoms with Crippen LogP contribution in [0.1, 0.15) is 20.8 Å². The number of ether oxygens (including phenoxy) is 1. The first-order valence-electron chi connectivity index (χ1n) is 8.77. The van der Waals surface area contributed by atoms with Gasteiger partial charge < -0.3 is 21.1 Å². The lowest BCUT2D eigenvalue weighted by Gasteiger charge is -2.05. The van der Waals surface area contributed by atoms with E-state index in [9.17, 15) is 9.59 Å². The summed E-state index contributed by atoms with van der Waals surface area (Å²) in [6, 6.07) is 12.0. The number of nitrogens with zero attached hydrogens (tertiary/aromatic N) is 3. The van der Waals surface area contributed by atoms with Crippen LogP contribution in [0.15, 0.2) is 54.9 Å². The molecule has 4 N–H and O–H groups in total. The number of carbonyl (C=O) groups is 2. The summed E-state index contributed by atoms with van der Waals surface area (Å²) in [5, 5.41) is 6.45. The minimum absolute atomic E-state index is 0.0232. The smallest absolute Gasteiger partial charge is 0.270 e. The molecule has 0 aliphatic rings. The van der Waals surface area contributed by atoms with Crippen LogP contribution in [0.25, 0.3) is 11.0 Å². The standard InChI is InChI=1S/C20H16N6O3S/c1-29-13-5-2-11(3-6-13)18(28)26-19-16(17(21)27)25-20(30-19)24-12-4-7-14-15(10-12)23-9-8-22-14/h2-10H,1H3,(H2,21,27)(H,24,25)(H,26,28). The number of anilines is 3. The van der Waals surface area contributed by atoms with E-state index in [1.54, 1.807) is 43.8 Å². The Balaban J connectivity index is 1.57. The molecule has 0 radical (unpaired) electrons. The Morgan fingerprint density at radius 2 is 1.77 bits per heavy atom. The third-order valence-corrected chi connectivity index (χ3v) is 5.05. The van der Waals surface area contributed by atoms with Crippen LogP contribution in [0, 0.1) is 0 Å². The van der Waals surface area contributed by atoms with Gasteiger partial charge in [0.25, 0.3) is 11.8 Å². The highest BCUT2D eigenvalue weighted by molar-refractivity contribution is 7.20. The first-order valence-corrected chi connectivity index (χ1v) is 9.59. The van der Waals surface area contributed by atoms with Gasteiger partial charge in [-0.25, -0.2) is 4.98 Å². The zero-order chi connectivity index (χ0) is 21.1. The average Bonchev–Trinajstić information content (AvgIpc) is 3.16. The number of hydrogen-bond acceptors (Lipinski definition) is 8. The van der Waals surface area contributed by atoms with Gasteiger partial charge in [0.2, 0.25) is 0 Å². The highest BCUT2D eigenvalue weighted by Gasteiger charge is 2.19. The summed E-state index contributed by atoms with van der Waals surface area (Å²) < 4.78 is 5.09. The third-order valence-electron chi connectivity index (χ3n) is 4.16. The number of nitrogens with one attached hydrogen (secondary N) is 2. The predicted molar refractivity (Wildman–Crippen MR) is 114 cm³/mol. The normalized spacial score (nSPS) is 10.6. The van der Waals surface area contributed by atoms with Gasteiger partial charge in [-0.2, -0.15) is 0 Å². The van der Waals surface area contributed by atoms with E-state index in [2.05, 4.69) is 25.6 Å². The Kier molecular flexibility index (Phi) is 5.22. The number of primary amides is 1. The van der Waals surface area contributed by atoms with E-state index in [1.807, 2.05) is 18.2 Å². The maximum atomic E-state index is 12.5. The van der Waals surface area contributed by atoms with Gasteiger partial charge in [-0.15, -0.1) is 0 Å². The summed E-state index contributed by atoms with van der Waals surface area (Å²) in [6.07, 6.45) is 3.22. The highest BCUT2D eigenvalue weighted by Crippen LogP contribution is 2.31. The van der Waals surface area contributed by atoms with Gasteiger partial charge in [0.05, 0.1) is 18.1 Å². The molecule has 0 bridgehead atoms. The van der Waals surface area contributed by atoms with E-state index in [0.717, 1.165) is 16.9 Å². The molecular formula is C20H16N6O3S. The molecule has 4 rings (SSSR count). The molecule has 10 heteroatoms. The Bertz CT molecular complexity index is 1240. The molecule has 0 unspecified atom stereocenters. The Labute approximate surface area is 174 Å². The lowest BCUT2D eigenvalue weighted by molar-refractivity contribution is 0.0997. The fourth-order valence-corrected chi connectivity index (χ4v) is 3.59. The molecule has 0 aliphatic heterocycles. The lowest BCUT2D eigenvalue weighted by Crippen LogP contribution is -2.17. The van der Waals surface area contributed by atoms with Crippen LogP contribution in [0.4, 0.5) is 15.8 Å². The summed E-state index contributed by atoms with van der Waals surface area (Å²) in [4.78, 5) is 37.1. The van der Waals surface area contributed by atoms with Crippen molar-refractivity contribution in [1.82, 2.24) is 15.0 Å². The second-order valence-electron chi connectivity index (χ2n) is 6.13. The van der Waals surface area contributed by atoms with Crippen LogP contribution in [-0.2, 0) is 0 Å². The number of methoxy groups -OCH3 is 1. The number of hydrogen-bond donors (Lipinski definition) is 3. The first-order chi connectivity index (χ1) is 14.5. The third kappa shape index (κ3) is 4.03. The summed E-state index contributed by atoms with van der Waals surface area (Å²) >= 11 is 1.10. The van der Waals surface area contributed by atoms with E-state index >= 15 is 0 Å². The minimum atomic E-state index is -0.742. The number of benzene rings is 2. The van der Waals surface area contributed by atoms with Crippen molar-refractivity contribution in [2.24, 2.45) is 5.73 Å². The average molecular weight is 420 g/mol. The van der Waals surface area contributed by atoms with Crippen LogP contribution in [0.2, 0.25) is 0 Å². The van der Waals surface area contributed by atoms with Crippen molar-refractivity contribution in [3.8, 4) is 5.75 Å². The number of thiazole rings is 1. The largest absolute Gasteiger partial charge is 0.497 e. The molecule has 30 heavy (non-hydrogen) atoms. The second-order valence-corrected chi connectivity index (χ2v) is 7.13. The van der Waals surface area contributed by atoms with Crippen LogP contribution < -0.4 is 21.1 Å². The van der Waals surface area contributed by atoms with Crippen LogP contribution in [0.5, 0.6) is 5.75 Å². The molecule has 150 valence electrons. The Morgan fingerprint density at radius 3 is 2.47 bits per heavy atom.